The molecule has 2 N–H and O–H groups in total. The number of rotatable bonds is 7. The monoisotopic (exact) mass is 454 g/mol. The highest BCUT2D eigenvalue weighted by Crippen LogP contribution is 2.26. The summed E-state index contributed by atoms with van der Waals surface area (Å²) in [4.78, 5) is 21.6. The Morgan fingerprint density at radius 2 is 1.73 bits per heavy atom. The van der Waals surface area contributed by atoms with Gasteiger partial charge in [0.25, 0.3) is 0 Å². The van der Waals surface area contributed by atoms with Crippen LogP contribution in [-0.4, -0.2) is 45.3 Å². The van der Waals surface area contributed by atoms with Gasteiger partial charge in [0.1, 0.15) is 5.82 Å². The first kappa shape index (κ1) is 24.1. The fourth-order valence-electron chi connectivity index (χ4n) is 3.90. The van der Waals surface area contributed by atoms with Gasteiger partial charge < -0.3 is 14.7 Å². The molecule has 1 aliphatic heterocycles. The molecule has 8 heteroatoms. The van der Waals surface area contributed by atoms with E-state index in [1.165, 1.54) is 30.5 Å². The maximum atomic E-state index is 13.2. The third-order valence-electron chi connectivity index (χ3n) is 5.62. The largest absolute Gasteiger partial charge is 0.478 e. The molecule has 33 heavy (non-hydrogen) atoms. The van der Waals surface area contributed by atoms with E-state index in [9.17, 15) is 14.0 Å². The van der Waals surface area contributed by atoms with Crippen molar-refractivity contribution in [3.63, 3.8) is 0 Å². The van der Waals surface area contributed by atoms with Crippen molar-refractivity contribution in [1.82, 2.24) is 10.1 Å². The Balaban J connectivity index is 0.000000331. The van der Waals surface area contributed by atoms with Gasteiger partial charge in [-0.25, -0.2) is 14.0 Å². The van der Waals surface area contributed by atoms with E-state index < -0.39 is 11.9 Å². The van der Waals surface area contributed by atoms with Crippen molar-refractivity contribution in [3.8, 4) is 0 Å². The van der Waals surface area contributed by atoms with E-state index in [4.69, 9.17) is 14.7 Å². The van der Waals surface area contributed by atoms with E-state index in [1.807, 2.05) is 0 Å². The van der Waals surface area contributed by atoms with Crippen LogP contribution in [0.25, 0.3) is 11.0 Å². The molecular formula is C25H27FN2O5. The van der Waals surface area contributed by atoms with Crippen molar-refractivity contribution in [3.05, 3.63) is 77.8 Å². The number of aromatic nitrogens is 1. The molecule has 1 aliphatic rings. The van der Waals surface area contributed by atoms with E-state index in [1.54, 1.807) is 6.07 Å². The molecule has 1 aromatic heterocycles. The summed E-state index contributed by atoms with van der Waals surface area (Å²) in [7, 11) is 0. The highest BCUT2D eigenvalue weighted by molar-refractivity contribution is 5.89. The minimum atomic E-state index is -1.26. The number of piperidine rings is 1. The molecule has 2 aromatic carbocycles. The Kier molecular flexibility index (Phi) is 8.71. The van der Waals surface area contributed by atoms with Crippen LogP contribution >= 0.6 is 0 Å². The van der Waals surface area contributed by atoms with Crippen LogP contribution < -0.4 is 0 Å². The highest BCUT2D eigenvalue weighted by Gasteiger charge is 2.20. The van der Waals surface area contributed by atoms with Gasteiger partial charge in [-0.3, -0.25) is 4.90 Å². The highest BCUT2D eigenvalue weighted by atomic mass is 19.1. The lowest BCUT2D eigenvalue weighted by atomic mass is 9.91. The van der Waals surface area contributed by atoms with Crippen LogP contribution in [0, 0.1) is 11.7 Å². The predicted molar refractivity (Wildman–Crippen MR) is 121 cm³/mol. The van der Waals surface area contributed by atoms with Gasteiger partial charge in [0, 0.05) is 30.1 Å². The van der Waals surface area contributed by atoms with Crippen molar-refractivity contribution in [2.45, 2.75) is 32.2 Å². The number of aryl methyl sites for hydroxylation is 1. The minimum Gasteiger partial charge on any atom is -0.478 e. The fourth-order valence-corrected chi connectivity index (χ4v) is 3.90. The lowest BCUT2D eigenvalue weighted by Gasteiger charge is -2.31. The van der Waals surface area contributed by atoms with Crippen molar-refractivity contribution in [2.75, 3.05) is 13.1 Å². The molecule has 0 atom stereocenters. The second kappa shape index (κ2) is 11.9. The Morgan fingerprint density at radius 1 is 1.06 bits per heavy atom. The maximum absolute atomic E-state index is 13.2. The summed E-state index contributed by atoms with van der Waals surface area (Å²) >= 11 is 0. The standard InChI is InChI=1S/C21H23FN2O.C4H4O4/c22-18-7-8-19-20(23-25-21(19)14-18)9-6-16-10-12-24(13-11-16)15-17-4-2-1-3-5-17;5-3(6)1-2-4(7)8/h1-5,7-8,14,16H,6,9-13,15H2;1-2H,(H,5,6)(H,7,8). The minimum absolute atomic E-state index is 0.277. The number of nitrogens with zero attached hydrogens (tertiary/aromatic N) is 2. The van der Waals surface area contributed by atoms with Crippen LogP contribution in [0.4, 0.5) is 4.39 Å². The van der Waals surface area contributed by atoms with E-state index in [2.05, 4.69) is 40.4 Å². The van der Waals surface area contributed by atoms with Crippen LogP contribution in [0.15, 0.2) is 65.2 Å². The summed E-state index contributed by atoms with van der Waals surface area (Å²) in [5, 5.41) is 20.7. The summed E-state index contributed by atoms with van der Waals surface area (Å²) < 4.78 is 18.5. The number of halogens is 1. The van der Waals surface area contributed by atoms with Gasteiger partial charge in [-0.05, 0) is 62.4 Å². The molecule has 0 saturated carbocycles. The molecule has 1 saturated heterocycles. The number of benzene rings is 2. The van der Waals surface area contributed by atoms with Gasteiger partial charge in [-0.2, -0.15) is 0 Å². The zero-order valence-electron chi connectivity index (χ0n) is 18.2. The second-order valence-corrected chi connectivity index (χ2v) is 8.02. The summed E-state index contributed by atoms with van der Waals surface area (Å²) in [5.74, 6) is -2.06. The van der Waals surface area contributed by atoms with Gasteiger partial charge in [0.2, 0.25) is 0 Å². The van der Waals surface area contributed by atoms with Crippen LogP contribution in [0.2, 0.25) is 0 Å². The maximum Gasteiger partial charge on any atom is 0.328 e. The average molecular weight is 454 g/mol. The molecule has 7 nitrogen and oxygen atoms in total. The molecular weight excluding hydrogens is 427 g/mol. The molecule has 1 fully saturated rings. The van der Waals surface area contributed by atoms with Gasteiger partial charge >= 0.3 is 11.9 Å². The topological polar surface area (TPSA) is 104 Å². The molecule has 0 aliphatic carbocycles. The van der Waals surface area contributed by atoms with Crippen LogP contribution in [-0.2, 0) is 22.6 Å². The smallest absolute Gasteiger partial charge is 0.328 e. The molecule has 0 amide bonds. The van der Waals surface area contributed by atoms with Gasteiger partial charge in [0.05, 0.1) is 5.69 Å². The fraction of sp³-hybridized carbons (Fsp3) is 0.320. The first-order valence-electron chi connectivity index (χ1n) is 10.8. The molecule has 0 spiro atoms. The van der Waals surface area contributed by atoms with Crippen LogP contribution in [0.3, 0.4) is 0 Å². The average Bonchev–Trinajstić information content (AvgIpc) is 3.20. The Hall–Kier alpha value is -3.52. The summed E-state index contributed by atoms with van der Waals surface area (Å²) in [6.45, 7) is 3.36. The summed E-state index contributed by atoms with van der Waals surface area (Å²) in [6.07, 6.45) is 5.61. The molecule has 174 valence electrons. The van der Waals surface area contributed by atoms with Gasteiger partial charge in [0.15, 0.2) is 5.58 Å². The van der Waals surface area contributed by atoms with Crippen molar-refractivity contribution >= 4 is 22.9 Å². The quantitative estimate of drug-likeness (QED) is 0.506. The van der Waals surface area contributed by atoms with Gasteiger partial charge in [-0.1, -0.05) is 35.5 Å². The number of likely N-dealkylation sites (tertiary alicyclic amines) is 1. The first-order chi connectivity index (χ1) is 15.9. The summed E-state index contributed by atoms with van der Waals surface area (Å²) in [5.41, 5.74) is 2.90. The number of hydrogen-bond acceptors (Lipinski definition) is 5. The number of carbonyl (C=O) groups is 2. The molecule has 2 heterocycles. The number of carboxylic acid groups (broad SMARTS) is 2. The third kappa shape index (κ3) is 7.84. The Morgan fingerprint density at radius 3 is 2.36 bits per heavy atom. The zero-order valence-corrected chi connectivity index (χ0v) is 18.2. The van der Waals surface area contributed by atoms with E-state index in [-0.39, 0.29) is 5.82 Å². The van der Waals surface area contributed by atoms with Crippen molar-refractivity contribution in [1.29, 1.82) is 0 Å². The normalized spacial score (nSPS) is 14.8. The zero-order chi connectivity index (χ0) is 23.6. The molecule has 0 radical (unpaired) electrons. The van der Waals surface area contributed by atoms with E-state index in [0.717, 1.165) is 49.5 Å². The lowest BCUT2D eigenvalue weighted by Crippen LogP contribution is -2.33. The molecule has 0 bridgehead atoms. The SMILES string of the molecule is Fc1ccc2c(CCC3CCN(Cc4ccccc4)CC3)noc2c1.O=C(O)C=CC(=O)O. The lowest BCUT2D eigenvalue weighted by molar-refractivity contribution is -0.134. The number of fused-ring (bicyclic) bond motifs is 1. The van der Waals surface area contributed by atoms with Crippen molar-refractivity contribution in [2.24, 2.45) is 5.92 Å². The third-order valence-corrected chi connectivity index (χ3v) is 5.62. The van der Waals surface area contributed by atoms with Crippen LogP contribution in [0.1, 0.15) is 30.5 Å². The van der Waals surface area contributed by atoms with E-state index in [0.29, 0.717) is 17.7 Å². The molecule has 0 unspecified atom stereocenters. The van der Waals surface area contributed by atoms with E-state index >= 15 is 0 Å². The van der Waals surface area contributed by atoms with Crippen LogP contribution in [0.5, 0.6) is 0 Å². The first-order valence-corrected chi connectivity index (χ1v) is 10.8. The second-order valence-electron chi connectivity index (χ2n) is 8.02. The molecule has 3 aromatic rings. The Labute approximate surface area is 191 Å². The van der Waals surface area contributed by atoms with Crippen molar-refractivity contribution < 1.29 is 28.7 Å². The number of carboxylic acids is 2. The number of aliphatic carboxylic acids is 2. The predicted octanol–water partition coefficient (Wildman–Crippen LogP) is 4.52. The molecule has 4 rings (SSSR count). The summed E-state index contributed by atoms with van der Waals surface area (Å²) in [6, 6.07) is 15.3. The number of hydrogen-bond donors (Lipinski definition) is 2. The Bertz CT molecular complexity index is 1070. The van der Waals surface area contributed by atoms with Gasteiger partial charge in [-0.15, -0.1) is 0 Å².